The van der Waals surface area contributed by atoms with E-state index < -0.39 is 90.8 Å². The van der Waals surface area contributed by atoms with Crippen molar-refractivity contribution in [2.75, 3.05) is 26.2 Å². The van der Waals surface area contributed by atoms with Gasteiger partial charge in [0.15, 0.2) is 5.96 Å². The van der Waals surface area contributed by atoms with E-state index in [4.69, 9.17) is 28.7 Å². The number of amides is 5. The number of hydrogen-bond donors (Lipinski definition) is 14. The predicted octanol–water partition coefficient (Wildman–Crippen LogP) is -4.06. The van der Waals surface area contributed by atoms with Gasteiger partial charge < -0.3 is 75.7 Å². The normalized spacial score (nSPS) is 14.0. The van der Waals surface area contributed by atoms with Crippen LogP contribution >= 0.6 is 0 Å². The van der Waals surface area contributed by atoms with Gasteiger partial charge in [-0.3, -0.25) is 33.8 Å². The number of aliphatic carboxylic acids is 2. The number of carboxylic acids is 2. The van der Waals surface area contributed by atoms with Crippen LogP contribution in [0.5, 0.6) is 5.75 Å². The Hall–Kier alpha value is -5.58. The maximum atomic E-state index is 13.9. The molecule has 320 valence electrons. The zero-order valence-electron chi connectivity index (χ0n) is 31.9. The van der Waals surface area contributed by atoms with Gasteiger partial charge in [-0.1, -0.05) is 12.1 Å². The molecule has 57 heavy (non-hydrogen) atoms. The summed E-state index contributed by atoms with van der Waals surface area (Å²) in [7, 11) is 0. The number of aliphatic imine (C=N–C) groups is 1. The third-order valence-corrected chi connectivity index (χ3v) is 8.55. The van der Waals surface area contributed by atoms with Crippen LogP contribution in [0.15, 0.2) is 29.3 Å². The smallest absolute Gasteiger partial charge is 0.326 e. The van der Waals surface area contributed by atoms with E-state index in [0.29, 0.717) is 44.2 Å². The number of unbranched alkanes of at least 4 members (excludes halogenated alkanes) is 2. The molecule has 0 spiro atoms. The summed E-state index contributed by atoms with van der Waals surface area (Å²) in [5, 5.41) is 50.8. The highest BCUT2D eigenvalue weighted by Crippen LogP contribution is 2.13. The first-order valence-electron chi connectivity index (χ1n) is 18.6. The molecule has 6 atom stereocenters. The lowest BCUT2D eigenvalue weighted by atomic mass is 10.0. The van der Waals surface area contributed by atoms with Crippen LogP contribution < -0.4 is 55.3 Å². The lowest BCUT2D eigenvalue weighted by Gasteiger charge is -2.27. The minimum atomic E-state index is -1.63. The Morgan fingerprint density at radius 3 is 1.61 bits per heavy atom. The Labute approximate surface area is 330 Å². The van der Waals surface area contributed by atoms with Crippen molar-refractivity contribution in [1.82, 2.24) is 26.6 Å². The number of aliphatic hydroxyl groups excluding tert-OH is 1. The molecule has 5 amide bonds. The molecule has 0 aliphatic rings. The number of carbonyl (C=O) groups is 7. The first-order chi connectivity index (χ1) is 27.0. The van der Waals surface area contributed by atoms with Gasteiger partial charge in [-0.25, -0.2) is 4.79 Å². The van der Waals surface area contributed by atoms with E-state index in [9.17, 15) is 54.0 Å². The maximum absolute atomic E-state index is 13.9. The second-order valence-corrected chi connectivity index (χ2v) is 13.3. The number of guanidine groups is 1. The average Bonchev–Trinajstić information content (AvgIpc) is 3.16. The summed E-state index contributed by atoms with van der Waals surface area (Å²) >= 11 is 0. The molecule has 19 N–H and O–H groups in total. The average molecular weight is 810 g/mol. The number of phenols is 1. The van der Waals surface area contributed by atoms with Crippen LogP contribution in [0.1, 0.15) is 69.8 Å². The van der Waals surface area contributed by atoms with E-state index in [1.54, 1.807) is 0 Å². The number of nitrogens with one attached hydrogen (secondary N) is 5. The number of nitrogens with zero attached hydrogens (tertiary/aromatic N) is 1. The highest BCUT2D eigenvalue weighted by molar-refractivity contribution is 5.96. The number of rotatable bonds is 29. The van der Waals surface area contributed by atoms with Gasteiger partial charge in [0.2, 0.25) is 29.5 Å². The van der Waals surface area contributed by atoms with Crippen LogP contribution in [0.3, 0.4) is 0 Å². The largest absolute Gasteiger partial charge is 0.508 e. The van der Waals surface area contributed by atoms with Gasteiger partial charge in [-0.15, -0.1) is 0 Å². The molecule has 0 aliphatic heterocycles. The summed E-state index contributed by atoms with van der Waals surface area (Å²) in [4.78, 5) is 94.0. The number of carboxylic acid groups (broad SMARTS) is 2. The molecule has 0 radical (unpaired) electrons. The molecule has 0 fully saturated rings. The molecular formula is C35H59N11O11. The SMILES string of the molecule is NCCCCC(NC(=O)C(CO)NC(=O)C(Cc1ccc(O)cc1)NC(=O)C(CCCCN)NC(=O)C(CCC(=O)O)NC(=O)C(N)CCCN=C(N)N)C(=O)O. The van der Waals surface area contributed by atoms with Gasteiger partial charge in [0.25, 0.3) is 0 Å². The Bertz CT molecular complexity index is 1490. The van der Waals surface area contributed by atoms with Crippen molar-refractivity contribution >= 4 is 47.4 Å². The molecule has 0 saturated carbocycles. The number of hydrogen-bond acceptors (Lipinski definition) is 13. The topological polar surface area (TPSA) is 403 Å². The summed E-state index contributed by atoms with van der Waals surface area (Å²) in [5.74, 6) is -7.36. The first kappa shape index (κ1) is 49.4. The third-order valence-electron chi connectivity index (χ3n) is 8.55. The Morgan fingerprint density at radius 1 is 0.614 bits per heavy atom. The highest BCUT2D eigenvalue weighted by Gasteiger charge is 2.33. The fourth-order valence-corrected chi connectivity index (χ4v) is 5.34. The van der Waals surface area contributed by atoms with Crippen LogP contribution in [0, 0.1) is 0 Å². The lowest BCUT2D eigenvalue weighted by Crippen LogP contribution is -2.60. The van der Waals surface area contributed by atoms with E-state index in [-0.39, 0.29) is 56.9 Å². The number of benzene rings is 1. The molecule has 22 heteroatoms. The van der Waals surface area contributed by atoms with Crippen LogP contribution in [0.25, 0.3) is 0 Å². The minimum Gasteiger partial charge on any atom is -0.508 e. The quantitative estimate of drug-likeness (QED) is 0.0208. The number of carbonyl (C=O) groups excluding carboxylic acids is 5. The fourth-order valence-electron chi connectivity index (χ4n) is 5.34. The molecule has 22 nitrogen and oxygen atoms in total. The van der Waals surface area contributed by atoms with Gasteiger partial charge in [0.05, 0.1) is 12.6 Å². The van der Waals surface area contributed by atoms with Crippen LogP contribution in [0.2, 0.25) is 0 Å². The van der Waals surface area contributed by atoms with E-state index >= 15 is 0 Å². The van der Waals surface area contributed by atoms with Crippen molar-refractivity contribution in [1.29, 1.82) is 0 Å². The number of aliphatic hydroxyl groups is 1. The van der Waals surface area contributed by atoms with Crippen LogP contribution in [0.4, 0.5) is 0 Å². The minimum absolute atomic E-state index is 0.00533. The third kappa shape index (κ3) is 20.2. The molecule has 0 aromatic heterocycles. The number of phenolic OH excluding ortho intramolecular Hbond substituents is 1. The number of aromatic hydroxyl groups is 1. The van der Waals surface area contributed by atoms with Crippen LogP contribution in [-0.4, -0.2) is 130 Å². The zero-order chi connectivity index (χ0) is 42.9. The summed E-state index contributed by atoms with van der Waals surface area (Å²) in [6, 6.07) is -2.72. The molecule has 1 aromatic carbocycles. The highest BCUT2D eigenvalue weighted by atomic mass is 16.4. The second-order valence-electron chi connectivity index (χ2n) is 13.3. The van der Waals surface area contributed by atoms with Crippen molar-refractivity contribution in [2.24, 2.45) is 33.7 Å². The monoisotopic (exact) mass is 809 g/mol. The van der Waals surface area contributed by atoms with Crippen molar-refractivity contribution in [3.8, 4) is 5.75 Å². The Kier molecular flexibility index (Phi) is 23.5. The summed E-state index contributed by atoms with van der Waals surface area (Å²) < 4.78 is 0. The fraction of sp³-hybridized carbons (Fsp3) is 0.600. The van der Waals surface area contributed by atoms with Gasteiger partial charge in [-0.2, -0.15) is 0 Å². The van der Waals surface area contributed by atoms with Gasteiger partial charge in [-0.05, 0) is 88.6 Å². The molecule has 6 unspecified atom stereocenters. The predicted molar refractivity (Wildman–Crippen MR) is 207 cm³/mol. The molecule has 1 rings (SSSR count). The first-order valence-corrected chi connectivity index (χ1v) is 18.6. The Morgan fingerprint density at radius 2 is 1.09 bits per heavy atom. The van der Waals surface area contributed by atoms with Gasteiger partial charge in [0, 0.05) is 19.4 Å². The zero-order valence-corrected chi connectivity index (χ0v) is 31.9. The molecule has 0 bridgehead atoms. The van der Waals surface area contributed by atoms with Gasteiger partial charge >= 0.3 is 11.9 Å². The van der Waals surface area contributed by atoms with E-state index in [0.717, 1.165) is 0 Å². The molecule has 0 heterocycles. The lowest BCUT2D eigenvalue weighted by molar-refractivity contribution is -0.143. The molecule has 1 aromatic rings. The maximum Gasteiger partial charge on any atom is 0.326 e. The van der Waals surface area contributed by atoms with E-state index in [1.807, 2.05) is 0 Å². The van der Waals surface area contributed by atoms with Crippen molar-refractivity contribution in [3.05, 3.63) is 29.8 Å². The summed E-state index contributed by atoms with van der Waals surface area (Å²) in [6.45, 7) is -0.200. The standard InChI is InChI=1S/C35H59N11O11/c36-15-3-1-7-23(43-31(53)24(13-14-28(49)50)42-29(51)22(38)6-5-17-41-35(39)40)30(52)45-26(18-20-9-11-21(48)12-10-20)32(54)46-27(19-47)33(55)44-25(34(56)57)8-2-4-16-37/h9-12,22-27,47-48H,1-8,13-19,36-38H2,(H,42,51)(H,43,53)(H,44,55)(H,45,52)(H,46,54)(H,49,50)(H,56,57)(H4,39,40,41). The van der Waals surface area contributed by atoms with Crippen molar-refractivity contribution < 1.29 is 54.0 Å². The molecule has 0 saturated heterocycles. The van der Waals surface area contributed by atoms with Crippen molar-refractivity contribution in [3.63, 3.8) is 0 Å². The van der Waals surface area contributed by atoms with Crippen LogP contribution in [-0.2, 0) is 40.0 Å². The number of nitrogens with two attached hydrogens (primary N) is 5. The van der Waals surface area contributed by atoms with Crippen molar-refractivity contribution in [2.45, 2.75) is 107 Å². The summed E-state index contributed by atoms with van der Waals surface area (Å²) in [5.41, 5.74) is 28.1. The van der Waals surface area contributed by atoms with Gasteiger partial charge in [0.1, 0.15) is 36.0 Å². The second kappa shape index (κ2) is 27.1. The Balaban J connectivity index is 3.33. The summed E-state index contributed by atoms with van der Waals surface area (Å²) in [6.07, 6.45) is 1.01. The van der Waals surface area contributed by atoms with E-state index in [1.165, 1.54) is 24.3 Å². The van der Waals surface area contributed by atoms with E-state index in [2.05, 4.69) is 31.6 Å². The molecule has 0 aliphatic carbocycles. The molecular weight excluding hydrogens is 750 g/mol.